The number of rotatable bonds is 6. The molecule has 0 aliphatic heterocycles. The molecule has 2 heterocycles. The van der Waals surface area contributed by atoms with E-state index in [4.69, 9.17) is 16.3 Å². The number of nitrogens with one attached hydrogen (secondary N) is 1. The molecule has 0 saturated carbocycles. The summed E-state index contributed by atoms with van der Waals surface area (Å²) in [5, 5.41) is 8.22. The van der Waals surface area contributed by atoms with E-state index in [1.165, 1.54) is 0 Å². The summed E-state index contributed by atoms with van der Waals surface area (Å²) in [5.74, 6) is 0. The maximum absolute atomic E-state index is 6.25. The molecule has 1 atom stereocenters. The highest BCUT2D eigenvalue weighted by Crippen LogP contribution is 2.30. The van der Waals surface area contributed by atoms with Crippen LogP contribution in [-0.4, -0.2) is 35.5 Å². The molecular weight excluding hydrogens is 344 g/mol. The normalized spacial score (nSPS) is 12.6. The predicted octanol–water partition coefficient (Wildman–Crippen LogP) is 2.65. The smallest absolute Gasteiger partial charge is 0.0946 e. The number of hydrogen-bond donors (Lipinski definition) is 1. The van der Waals surface area contributed by atoms with Gasteiger partial charge >= 0.3 is 0 Å². The maximum atomic E-state index is 6.25. The van der Waals surface area contributed by atoms with Gasteiger partial charge in [0.25, 0.3) is 0 Å². The Balaban J connectivity index is 2.42. The van der Waals surface area contributed by atoms with Gasteiger partial charge in [-0.25, -0.2) is 0 Å². The molecule has 2 aromatic heterocycles. The summed E-state index contributed by atoms with van der Waals surface area (Å²) in [6.07, 6.45) is 3.50. The number of pyridine rings is 1. The van der Waals surface area contributed by atoms with Crippen molar-refractivity contribution in [3.05, 3.63) is 45.4 Å². The van der Waals surface area contributed by atoms with Gasteiger partial charge < -0.3 is 10.1 Å². The summed E-state index contributed by atoms with van der Waals surface area (Å²) in [5.41, 5.74) is 1.75. The van der Waals surface area contributed by atoms with E-state index < -0.39 is 0 Å². The van der Waals surface area contributed by atoms with E-state index in [9.17, 15) is 0 Å². The number of methoxy groups -OCH3 is 1. The fourth-order valence-corrected chi connectivity index (χ4v) is 2.78. The second kappa shape index (κ2) is 7.17. The highest BCUT2D eigenvalue weighted by atomic mass is 79.9. The van der Waals surface area contributed by atoms with Crippen molar-refractivity contribution in [3.63, 3.8) is 0 Å². The minimum atomic E-state index is -0.141. The Morgan fingerprint density at radius 3 is 3.00 bits per heavy atom. The number of halogens is 2. The van der Waals surface area contributed by atoms with Crippen LogP contribution in [0.15, 0.2) is 29.0 Å². The Kier molecular flexibility index (Phi) is 5.54. The Morgan fingerprint density at radius 1 is 1.55 bits per heavy atom. The fraction of sp³-hybridized carbons (Fsp3) is 0.385. The third-order valence-electron chi connectivity index (χ3n) is 2.96. The number of hydrogen-bond acceptors (Lipinski definition) is 4. The molecule has 0 spiro atoms. The van der Waals surface area contributed by atoms with Crippen LogP contribution in [0.5, 0.6) is 0 Å². The van der Waals surface area contributed by atoms with Gasteiger partial charge in [0.05, 0.1) is 46.3 Å². The summed E-state index contributed by atoms with van der Waals surface area (Å²) in [6, 6.07) is 3.51. The summed E-state index contributed by atoms with van der Waals surface area (Å²) in [4.78, 5) is 4.38. The van der Waals surface area contributed by atoms with Crippen LogP contribution in [0.25, 0.3) is 0 Å². The molecule has 0 saturated heterocycles. The molecule has 0 amide bonds. The molecule has 0 bridgehead atoms. The zero-order valence-electron chi connectivity index (χ0n) is 11.3. The molecule has 1 unspecified atom stereocenters. The van der Waals surface area contributed by atoms with Crippen molar-refractivity contribution in [3.8, 4) is 0 Å². The van der Waals surface area contributed by atoms with Crippen molar-refractivity contribution in [2.24, 2.45) is 0 Å². The number of ether oxygens (including phenoxy) is 1. The van der Waals surface area contributed by atoms with E-state index in [-0.39, 0.29) is 6.04 Å². The van der Waals surface area contributed by atoms with Gasteiger partial charge in [-0.05, 0) is 35.1 Å². The van der Waals surface area contributed by atoms with Gasteiger partial charge in [-0.3, -0.25) is 9.67 Å². The van der Waals surface area contributed by atoms with Gasteiger partial charge in [0.15, 0.2) is 0 Å². The van der Waals surface area contributed by atoms with Gasteiger partial charge in [0.2, 0.25) is 0 Å². The Morgan fingerprint density at radius 2 is 2.35 bits per heavy atom. The van der Waals surface area contributed by atoms with Crippen LogP contribution >= 0.6 is 27.5 Å². The third-order valence-corrected chi connectivity index (χ3v) is 3.89. The van der Waals surface area contributed by atoms with Crippen molar-refractivity contribution < 1.29 is 4.74 Å². The molecule has 0 aliphatic carbocycles. The van der Waals surface area contributed by atoms with Gasteiger partial charge in [-0.15, -0.1) is 0 Å². The van der Waals surface area contributed by atoms with E-state index in [0.717, 1.165) is 15.9 Å². The van der Waals surface area contributed by atoms with Crippen molar-refractivity contribution in [2.45, 2.75) is 12.6 Å². The minimum absolute atomic E-state index is 0.141. The topological polar surface area (TPSA) is 52.0 Å². The van der Waals surface area contributed by atoms with Gasteiger partial charge in [-0.2, -0.15) is 5.10 Å². The molecule has 0 radical (unpaired) electrons. The zero-order chi connectivity index (χ0) is 14.5. The second-order valence-corrected chi connectivity index (χ2v) is 5.45. The maximum Gasteiger partial charge on any atom is 0.0946 e. The molecular formula is C13H16BrClN4O. The molecule has 2 aromatic rings. The Labute approximate surface area is 131 Å². The van der Waals surface area contributed by atoms with Crippen LogP contribution in [0.4, 0.5) is 0 Å². The van der Waals surface area contributed by atoms with Crippen LogP contribution in [0.2, 0.25) is 5.02 Å². The molecule has 2 rings (SSSR count). The monoisotopic (exact) mass is 358 g/mol. The minimum Gasteiger partial charge on any atom is -0.383 e. The van der Waals surface area contributed by atoms with E-state index >= 15 is 0 Å². The van der Waals surface area contributed by atoms with Crippen molar-refractivity contribution in [2.75, 3.05) is 20.8 Å². The molecule has 0 aliphatic rings. The van der Waals surface area contributed by atoms with E-state index in [1.807, 2.05) is 23.9 Å². The molecule has 0 aromatic carbocycles. The molecule has 7 heteroatoms. The van der Waals surface area contributed by atoms with E-state index in [1.54, 1.807) is 19.5 Å². The molecule has 1 N–H and O–H groups in total. The number of aromatic nitrogens is 3. The standard InChI is InChI=1S/C13H16BrClN4O/c1-16-12(11-10(15)4-3-5-17-11)13-9(14)8-18-19(13)6-7-20-2/h3-5,8,12,16H,6-7H2,1-2H3. The second-order valence-electron chi connectivity index (χ2n) is 4.19. The number of nitrogens with zero attached hydrogens (tertiary/aromatic N) is 3. The first-order valence-corrected chi connectivity index (χ1v) is 7.34. The molecule has 108 valence electrons. The van der Waals surface area contributed by atoms with E-state index in [2.05, 4.69) is 31.3 Å². The summed E-state index contributed by atoms with van der Waals surface area (Å²) in [7, 11) is 3.54. The lowest BCUT2D eigenvalue weighted by molar-refractivity contribution is 0.182. The lowest BCUT2D eigenvalue weighted by Gasteiger charge is -2.19. The van der Waals surface area contributed by atoms with Gasteiger partial charge in [0.1, 0.15) is 0 Å². The summed E-state index contributed by atoms with van der Waals surface area (Å²) >= 11 is 9.79. The highest BCUT2D eigenvalue weighted by molar-refractivity contribution is 9.10. The Hall–Kier alpha value is -0.950. The lowest BCUT2D eigenvalue weighted by Crippen LogP contribution is -2.24. The summed E-state index contributed by atoms with van der Waals surface area (Å²) in [6.45, 7) is 1.26. The first-order valence-electron chi connectivity index (χ1n) is 6.16. The van der Waals surface area contributed by atoms with Crippen LogP contribution in [-0.2, 0) is 11.3 Å². The van der Waals surface area contributed by atoms with Crippen molar-refractivity contribution >= 4 is 27.5 Å². The van der Waals surface area contributed by atoms with Gasteiger partial charge in [-0.1, -0.05) is 11.6 Å². The predicted molar refractivity (Wildman–Crippen MR) is 82.0 cm³/mol. The third kappa shape index (κ3) is 3.20. The van der Waals surface area contributed by atoms with Crippen LogP contribution in [0.1, 0.15) is 17.4 Å². The first-order chi connectivity index (χ1) is 9.69. The van der Waals surface area contributed by atoms with Gasteiger partial charge in [0, 0.05) is 13.3 Å². The Bertz CT molecular complexity index is 575. The zero-order valence-corrected chi connectivity index (χ0v) is 13.6. The van der Waals surface area contributed by atoms with Crippen molar-refractivity contribution in [1.29, 1.82) is 0 Å². The lowest BCUT2D eigenvalue weighted by atomic mass is 10.1. The average Bonchev–Trinajstić information content (AvgIpc) is 2.81. The fourth-order valence-electron chi connectivity index (χ4n) is 2.03. The summed E-state index contributed by atoms with van der Waals surface area (Å²) < 4.78 is 7.91. The molecule has 20 heavy (non-hydrogen) atoms. The largest absolute Gasteiger partial charge is 0.383 e. The molecule has 0 fully saturated rings. The quantitative estimate of drug-likeness (QED) is 0.861. The van der Waals surface area contributed by atoms with E-state index in [0.29, 0.717) is 18.2 Å². The average molecular weight is 360 g/mol. The first kappa shape index (κ1) is 15.4. The van der Waals surface area contributed by atoms with Crippen LogP contribution in [0, 0.1) is 0 Å². The van der Waals surface area contributed by atoms with Crippen LogP contribution in [0.3, 0.4) is 0 Å². The molecule has 5 nitrogen and oxygen atoms in total. The van der Waals surface area contributed by atoms with Crippen LogP contribution < -0.4 is 5.32 Å². The SMILES string of the molecule is CNC(c1ncccc1Cl)c1c(Br)cnn1CCOC. The van der Waals surface area contributed by atoms with Crippen molar-refractivity contribution in [1.82, 2.24) is 20.1 Å². The highest BCUT2D eigenvalue weighted by Gasteiger charge is 2.23.